The van der Waals surface area contributed by atoms with E-state index in [1.165, 1.54) is 24.3 Å². The molecule has 0 bridgehead atoms. The van der Waals surface area contributed by atoms with Crippen LogP contribution in [0, 0.1) is 5.41 Å². The fraction of sp³-hybridized carbons (Fsp3) is 0.364. The molecule has 0 heterocycles. The smallest absolute Gasteiger partial charge is 0.449 e. The Morgan fingerprint density at radius 2 is 1.62 bits per heavy atom. The highest BCUT2D eigenvalue weighted by atomic mass is 32.3. The second-order valence-corrected chi connectivity index (χ2v) is 9.48. The number of carboxylic acid groups (broad SMARTS) is 1. The molecular formula is C22H27NO8S. The van der Waals surface area contributed by atoms with Crippen molar-refractivity contribution < 1.29 is 36.2 Å². The maximum atomic E-state index is 12.0. The summed E-state index contributed by atoms with van der Waals surface area (Å²) in [5.41, 5.74) is 0.953. The molecule has 0 spiro atoms. The molecule has 10 heteroatoms. The van der Waals surface area contributed by atoms with E-state index in [0.29, 0.717) is 5.56 Å². The molecule has 2 N–H and O–H groups in total. The van der Waals surface area contributed by atoms with Gasteiger partial charge in [0, 0.05) is 6.42 Å². The number of carbonyl (C=O) groups excluding carboxylic acids is 1. The third-order valence-electron chi connectivity index (χ3n) is 4.00. The monoisotopic (exact) mass is 465 g/mol. The molecule has 9 nitrogen and oxygen atoms in total. The minimum Gasteiger partial charge on any atom is -0.480 e. The molecule has 0 aliphatic carbocycles. The quantitative estimate of drug-likeness (QED) is 0.547. The summed E-state index contributed by atoms with van der Waals surface area (Å²) in [5.74, 6) is -1.22. The van der Waals surface area contributed by atoms with Crippen LogP contribution in [-0.4, -0.2) is 38.2 Å². The van der Waals surface area contributed by atoms with Gasteiger partial charge in [-0.05, 0) is 28.7 Å². The summed E-state index contributed by atoms with van der Waals surface area (Å²) >= 11 is 0. The van der Waals surface area contributed by atoms with Crippen LogP contribution in [0.3, 0.4) is 0 Å². The van der Waals surface area contributed by atoms with Gasteiger partial charge in [0.2, 0.25) is 0 Å². The highest BCUT2D eigenvalue weighted by Crippen LogP contribution is 2.19. The van der Waals surface area contributed by atoms with Crippen molar-refractivity contribution in [2.45, 2.75) is 39.8 Å². The number of aliphatic carboxylic acids is 1. The molecule has 0 aromatic heterocycles. The van der Waals surface area contributed by atoms with Crippen LogP contribution in [0.25, 0.3) is 0 Å². The van der Waals surface area contributed by atoms with Crippen LogP contribution in [0.15, 0.2) is 54.6 Å². The van der Waals surface area contributed by atoms with E-state index in [1.807, 2.05) is 26.8 Å². The van der Waals surface area contributed by atoms with E-state index in [-0.39, 0.29) is 30.8 Å². The zero-order valence-electron chi connectivity index (χ0n) is 18.1. The first kappa shape index (κ1) is 25.2. The van der Waals surface area contributed by atoms with E-state index < -0.39 is 28.5 Å². The summed E-state index contributed by atoms with van der Waals surface area (Å²) < 4.78 is 38.6. The number of hydrogen-bond acceptors (Lipinski definition) is 7. The van der Waals surface area contributed by atoms with E-state index in [4.69, 9.17) is 13.1 Å². The molecule has 0 aliphatic rings. The lowest BCUT2D eigenvalue weighted by atomic mass is 9.99. The van der Waals surface area contributed by atoms with Gasteiger partial charge in [-0.2, -0.15) is 8.42 Å². The Labute approximate surface area is 187 Å². The number of benzene rings is 2. The number of rotatable bonds is 10. The number of carbonyl (C=O) groups is 2. The molecule has 32 heavy (non-hydrogen) atoms. The summed E-state index contributed by atoms with van der Waals surface area (Å²) in [6, 6.07) is 13.5. The Hall–Kier alpha value is -3.11. The molecular weight excluding hydrogens is 438 g/mol. The van der Waals surface area contributed by atoms with Crippen molar-refractivity contribution in [1.82, 2.24) is 5.32 Å². The van der Waals surface area contributed by atoms with Gasteiger partial charge in [-0.15, -0.1) is 0 Å². The lowest BCUT2D eigenvalue weighted by Gasteiger charge is -2.17. The van der Waals surface area contributed by atoms with E-state index in [9.17, 15) is 23.1 Å². The average Bonchev–Trinajstić information content (AvgIpc) is 2.72. The van der Waals surface area contributed by atoms with Crippen molar-refractivity contribution >= 4 is 22.5 Å². The third-order valence-corrected chi connectivity index (χ3v) is 4.80. The normalized spacial score (nSPS) is 12.6. The zero-order valence-corrected chi connectivity index (χ0v) is 18.9. The largest absolute Gasteiger partial charge is 0.480 e. The van der Waals surface area contributed by atoms with Crippen LogP contribution in [0.4, 0.5) is 4.79 Å². The van der Waals surface area contributed by atoms with Gasteiger partial charge in [0.15, 0.2) is 0 Å². The summed E-state index contributed by atoms with van der Waals surface area (Å²) in [7, 11) is -4.23. The van der Waals surface area contributed by atoms with Crippen molar-refractivity contribution in [2.75, 3.05) is 6.61 Å². The first-order valence-corrected chi connectivity index (χ1v) is 11.1. The average molecular weight is 466 g/mol. The van der Waals surface area contributed by atoms with Crippen molar-refractivity contribution in [3.63, 3.8) is 0 Å². The van der Waals surface area contributed by atoms with Crippen LogP contribution in [0.5, 0.6) is 5.75 Å². The van der Waals surface area contributed by atoms with Gasteiger partial charge in [0.1, 0.15) is 18.4 Å². The first-order chi connectivity index (χ1) is 14.9. The molecule has 0 unspecified atom stereocenters. The van der Waals surface area contributed by atoms with Gasteiger partial charge in [-0.3, -0.25) is 0 Å². The van der Waals surface area contributed by atoms with E-state index in [0.717, 1.165) is 5.56 Å². The Bertz CT molecular complexity index is 998. The van der Waals surface area contributed by atoms with E-state index in [1.54, 1.807) is 24.3 Å². The lowest BCUT2D eigenvalue weighted by molar-refractivity contribution is -0.139. The molecule has 2 aromatic rings. The topological polar surface area (TPSA) is 128 Å². The predicted molar refractivity (Wildman–Crippen MR) is 116 cm³/mol. The number of carboxylic acids is 1. The van der Waals surface area contributed by atoms with Crippen molar-refractivity contribution in [2.24, 2.45) is 5.41 Å². The fourth-order valence-corrected chi connectivity index (χ4v) is 3.31. The van der Waals surface area contributed by atoms with Crippen LogP contribution in [0.2, 0.25) is 0 Å². The molecule has 2 rings (SSSR count). The molecule has 0 saturated heterocycles. The Morgan fingerprint density at radius 1 is 1.00 bits per heavy atom. The van der Waals surface area contributed by atoms with Gasteiger partial charge in [-0.1, -0.05) is 63.2 Å². The van der Waals surface area contributed by atoms with Gasteiger partial charge < -0.3 is 19.3 Å². The number of alkyl carbamates (subject to hydrolysis) is 1. The van der Waals surface area contributed by atoms with Crippen LogP contribution < -0.4 is 9.50 Å². The summed E-state index contributed by atoms with van der Waals surface area (Å²) in [6.07, 6.45) is -0.896. The summed E-state index contributed by atoms with van der Waals surface area (Å²) in [5, 5.41) is 11.7. The highest BCUT2D eigenvalue weighted by molar-refractivity contribution is 7.82. The summed E-state index contributed by atoms with van der Waals surface area (Å²) in [4.78, 5) is 23.5. The minimum atomic E-state index is -4.23. The van der Waals surface area contributed by atoms with Gasteiger partial charge >= 0.3 is 22.5 Å². The SMILES string of the molecule is CC(C)(C)COS(=O)(=O)Oc1ccc(C[C@H](NC(=O)OCc2ccccc2)C(=O)O)cc1. The van der Waals surface area contributed by atoms with Gasteiger partial charge in [0.05, 0.1) is 6.61 Å². The van der Waals surface area contributed by atoms with Crippen molar-refractivity contribution in [3.8, 4) is 5.75 Å². The first-order valence-electron chi connectivity index (χ1n) is 9.81. The van der Waals surface area contributed by atoms with Gasteiger partial charge in [0.25, 0.3) is 0 Å². The van der Waals surface area contributed by atoms with Crippen LogP contribution in [0.1, 0.15) is 31.9 Å². The molecule has 0 aliphatic heterocycles. The minimum absolute atomic E-state index is 0.0107. The number of nitrogens with one attached hydrogen (secondary N) is 1. The second-order valence-electron chi connectivity index (χ2n) is 8.26. The lowest BCUT2D eigenvalue weighted by Crippen LogP contribution is -2.42. The number of hydrogen-bond donors (Lipinski definition) is 2. The standard InChI is InChI=1S/C22H27NO8S/c1-22(2,3)15-30-32(27,28)31-18-11-9-16(10-12-18)13-19(20(24)25)23-21(26)29-14-17-7-5-4-6-8-17/h4-12,19H,13-15H2,1-3H3,(H,23,26)(H,24,25)/t19-/m0/s1. The van der Waals surface area contributed by atoms with Crippen molar-refractivity contribution in [3.05, 3.63) is 65.7 Å². The Morgan fingerprint density at radius 3 is 2.19 bits per heavy atom. The number of amides is 1. The van der Waals surface area contributed by atoms with E-state index >= 15 is 0 Å². The Kier molecular flexibility index (Phi) is 8.62. The predicted octanol–water partition coefficient (Wildman–Crippen LogP) is 3.30. The molecule has 1 amide bonds. The fourth-order valence-electron chi connectivity index (χ4n) is 2.41. The zero-order chi connectivity index (χ0) is 23.8. The van der Waals surface area contributed by atoms with Crippen LogP contribution in [-0.2, 0) is 37.1 Å². The maximum absolute atomic E-state index is 12.0. The highest BCUT2D eigenvalue weighted by Gasteiger charge is 2.22. The number of ether oxygens (including phenoxy) is 1. The third kappa shape index (κ3) is 9.36. The molecule has 0 fully saturated rings. The Balaban J connectivity index is 1.91. The molecule has 0 radical (unpaired) electrons. The molecule has 174 valence electrons. The maximum Gasteiger partial charge on any atom is 0.449 e. The van der Waals surface area contributed by atoms with E-state index in [2.05, 4.69) is 5.32 Å². The second kappa shape index (κ2) is 11.0. The van der Waals surface area contributed by atoms with Gasteiger partial charge in [-0.25, -0.2) is 13.8 Å². The molecule has 0 saturated carbocycles. The summed E-state index contributed by atoms with van der Waals surface area (Å²) in [6.45, 7) is 5.43. The molecule has 1 atom stereocenters. The molecule has 2 aromatic carbocycles. The van der Waals surface area contributed by atoms with Crippen LogP contribution >= 0.6 is 0 Å². The van der Waals surface area contributed by atoms with Crippen molar-refractivity contribution in [1.29, 1.82) is 0 Å².